The molecule has 6 nitrogen and oxygen atoms in total. The highest BCUT2D eigenvalue weighted by atomic mass is 16.2. The first-order valence-electron chi connectivity index (χ1n) is 8.68. The molecule has 0 radical (unpaired) electrons. The molecule has 1 saturated heterocycles. The van der Waals surface area contributed by atoms with Gasteiger partial charge in [-0.3, -0.25) is 9.20 Å². The zero-order valence-corrected chi connectivity index (χ0v) is 14.1. The number of carbonyl (C=O) groups is 1. The number of fused-ring (bicyclic) bond motifs is 2. The van der Waals surface area contributed by atoms with E-state index < -0.39 is 0 Å². The van der Waals surface area contributed by atoms with E-state index >= 15 is 0 Å². The summed E-state index contributed by atoms with van der Waals surface area (Å²) >= 11 is 0. The number of benzene rings is 1. The molecule has 1 fully saturated rings. The molecule has 126 valence electrons. The van der Waals surface area contributed by atoms with E-state index in [2.05, 4.69) is 25.3 Å². The smallest absolute Gasteiger partial charge is 0.254 e. The molecule has 1 amide bonds. The Bertz CT molecular complexity index is 987. The summed E-state index contributed by atoms with van der Waals surface area (Å²) in [6, 6.07) is 6.05. The molecule has 5 rings (SSSR count). The Labute approximate surface area is 145 Å². The molecule has 1 aromatic carbocycles. The van der Waals surface area contributed by atoms with E-state index in [1.165, 1.54) is 12.8 Å². The Morgan fingerprint density at radius 1 is 1.12 bits per heavy atom. The van der Waals surface area contributed by atoms with E-state index in [-0.39, 0.29) is 5.91 Å². The van der Waals surface area contributed by atoms with Gasteiger partial charge in [0.2, 0.25) is 0 Å². The standard InChI is InChI=1S/C19H19N5O/c1-22-12-14-10-13(4-5-15(14)19(22)25)16-11-21-18-17(20-6-9-24(16)18)23-7-2-3-8-23/h4-6,9-11H,2-3,7-8,12H2,1H3. The number of carbonyl (C=O) groups excluding carboxylic acids is 1. The van der Waals surface area contributed by atoms with Crippen LogP contribution in [0.5, 0.6) is 0 Å². The van der Waals surface area contributed by atoms with Crippen LogP contribution in [0.1, 0.15) is 28.8 Å². The van der Waals surface area contributed by atoms with Gasteiger partial charge >= 0.3 is 0 Å². The molecular weight excluding hydrogens is 314 g/mol. The van der Waals surface area contributed by atoms with Crippen molar-refractivity contribution in [3.05, 3.63) is 47.9 Å². The van der Waals surface area contributed by atoms with Gasteiger partial charge in [-0.1, -0.05) is 6.07 Å². The van der Waals surface area contributed by atoms with Crippen molar-refractivity contribution < 1.29 is 4.79 Å². The predicted octanol–water partition coefficient (Wildman–Crippen LogP) is 2.58. The second kappa shape index (κ2) is 5.31. The minimum atomic E-state index is 0.0974. The molecule has 2 aliphatic heterocycles. The summed E-state index contributed by atoms with van der Waals surface area (Å²) in [6.07, 6.45) is 8.13. The monoisotopic (exact) mass is 333 g/mol. The molecular formula is C19H19N5O. The van der Waals surface area contributed by atoms with Crippen LogP contribution in [0.15, 0.2) is 36.8 Å². The van der Waals surface area contributed by atoms with Crippen LogP contribution >= 0.6 is 0 Å². The first-order chi connectivity index (χ1) is 12.2. The van der Waals surface area contributed by atoms with Crippen LogP contribution in [0.3, 0.4) is 0 Å². The first-order valence-corrected chi connectivity index (χ1v) is 8.68. The predicted molar refractivity (Wildman–Crippen MR) is 95.7 cm³/mol. The van der Waals surface area contributed by atoms with Gasteiger partial charge < -0.3 is 9.80 Å². The zero-order valence-electron chi connectivity index (χ0n) is 14.1. The van der Waals surface area contributed by atoms with Crippen molar-refractivity contribution in [2.45, 2.75) is 19.4 Å². The Morgan fingerprint density at radius 3 is 2.80 bits per heavy atom. The van der Waals surface area contributed by atoms with Crippen LogP contribution in [-0.4, -0.2) is 45.3 Å². The average molecular weight is 333 g/mol. The number of amides is 1. The van der Waals surface area contributed by atoms with E-state index in [0.717, 1.165) is 46.9 Å². The molecule has 25 heavy (non-hydrogen) atoms. The lowest BCUT2D eigenvalue weighted by Gasteiger charge is -2.16. The topological polar surface area (TPSA) is 53.7 Å². The molecule has 4 heterocycles. The van der Waals surface area contributed by atoms with Gasteiger partial charge in [-0.25, -0.2) is 9.97 Å². The molecule has 0 spiro atoms. The third kappa shape index (κ3) is 2.13. The summed E-state index contributed by atoms with van der Waals surface area (Å²) in [5.74, 6) is 1.06. The number of hydrogen-bond donors (Lipinski definition) is 0. The molecule has 2 aliphatic rings. The molecule has 0 atom stereocenters. The Balaban J connectivity index is 1.61. The maximum Gasteiger partial charge on any atom is 0.254 e. The van der Waals surface area contributed by atoms with Crippen LogP contribution in [0.4, 0.5) is 5.82 Å². The third-order valence-corrected chi connectivity index (χ3v) is 5.20. The van der Waals surface area contributed by atoms with Crippen molar-refractivity contribution in [3.63, 3.8) is 0 Å². The normalized spacial score (nSPS) is 16.9. The molecule has 2 aromatic heterocycles. The van der Waals surface area contributed by atoms with E-state index in [0.29, 0.717) is 6.54 Å². The molecule has 0 aliphatic carbocycles. The van der Waals surface area contributed by atoms with Crippen LogP contribution in [0, 0.1) is 0 Å². The highest BCUT2D eigenvalue weighted by Crippen LogP contribution is 2.30. The summed E-state index contributed by atoms with van der Waals surface area (Å²) in [4.78, 5) is 25.4. The van der Waals surface area contributed by atoms with Crippen molar-refractivity contribution in [3.8, 4) is 11.3 Å². The molecule has 0 saturated carbocycles. The summed E-state index contributed by atoms with van der Waals surface area (Å²) in [5, 5.41) is 0. The maximum absolute atomic E-state index is 12.1. The van der Waals surface area contributed by atoms with Crippen molar-refractivity contribution in [2.75, 3.05) is 25.0 Å². The molecule has 0 N–H and O–H groups in total. The largest absolute Gasteiger partial charge is 0.354 e. The van der Waals surface area contributed by atoms with Gasteiger partial charge in [-0.15, -0.1) is 0 Å². The fourth-order valence-electron chi connectivity index (χ4n) is 3.90. The van der Waals surface area contributed by atoms with Crippen molar-refractivity contribution >= 4 is 17.4 Å². The lowest BCUT2D eigenvalue weighted by molar-refractivity contribution is 0.0816. The van der Waals surface area contributed by atoms with Crippen LogP contribution in [-0.2, 0) is 6.54 Å². The number of nitrogens with zero attached hydrogens (tertiary/aromatic N) is 5. The molecule has 0 unspecified atom stereocenters. The fraction of sp³-hybridized carbons (Fsp3) is 0.316. The SMILES string of the molecule is CN1Cc2cc(-c3cnc4c(N5CCCC5)nccn34)ccc2C1=O. The zero-order chi connectivity index (χ0) is 17.0. The van der Waals surface area contributed by atoms with Crippen molar-refractivity contribution in [2.24, 2.45) is 0 Å². The van der Waals surface area contributed by atoms with Gasteiger partial charge in [0, 0.05) is 50.2 Å². The Kier molecular flexibility index (Phi) is 3.07. The second-order valence-corrected chi connectivity index (χ2v) is 6.82. The van der Waals surface area contributed by atoms with Crippen LogP contribution in [0.2, 0.25) is 0 Å². The van der Waals surface area contributed by atoms with Gasteiger partial charge in [0.1, 0.15) is 0 Å². The Hall–Kier alpha value is -2.89. The van der Waals surface area contributed by atoms with E-state index in [1.807, 2.05) is 37.8 Å². The summed E-state index contributed by atoms with van der Waals surface area (Å²) in [6.45, 7) is 2.75. The highest BCUT2D eigenvalue weighted by Gasteiger charge is 2.25. The minimum absolute atomic E-state index is 0.0974. The summed E-state index contributed by atoms with van der Waals surface area (Å²) < 4.78 is 2.10. The third-order valence-electron chi connectivity index (χ3n) is 5.20. The van der Waals surface area contributed by atoms with E-state index in [1.54, 1.807) is 4.90 Å². The average Bonchev–Trinajstić information content (AvgIpc) is 3.35. The quantitative estimate of drug-likeness (QED) is 0.723. The number of aromatic nitrogens is 3. The highest BCUT2D eigenvalue weighted by molar-refractivity contribution is 5.98. The minimum Gasteiger partial charge on any atom is -0.354 e. The number of rotatable bonds is 2. The fourth-order valence-corrected chi connectivity index (χ4v) is 3.90. The van der Waals surface area contributed by atoms with Crippen LogP contribution in [0.25, 0.3) is 16.9 Å². The van der Waals surface area contributed by atoms with Gasteiger partial charge in [0.25, 0.3) is 5.91 Å². The molecule has 0 bridgehead atoms. The van der Waals surface area contributed by atoms with Gasteiger partial charge in [0.15, 0.2) is 11.5 Å². The summed E-state index contributed by atoms with van der Waals surface area (Å²) in [5.41, 5.74) is 4.89. The second-order valence-electron chi connectivity index (χ2n) is 6.82. The van der Waals surface area contributed by atoms with Crippen molar-refractivity contribution in [1.82, 2.24) is 19.3 Å². The van der Waals surface area contributed by atoms with Gasteiger partial charge in [0.05, 0.1) is 11.9 Å². The molecule has 3 aromatic rings. The van der Waals surface area contributed by atoms with Gasteiger partial charge in [-0.05, 0) is 30.5 Å². The van der Waals surface area contributed by atoms with Gasteiger partial charge in [-0.2, -0.15) is 0 Å². The maximum atomic E-state index is 12.1. The number of anilines is 1. The lowest BCUT2D eigenvalue weighted by atomic mass is 10.0. The Morgan fingerprint density at radius 2 is 1.96 bits per heavy atom. The first kappa shape index (κ1) is 14.5. The van der Waals surface area contributed by atoms with Crippen LogP contribution < -0.4 is 4.90 Å². The number of imidazole rings is 1. The molecule has 6 heteroatoms. The number of hydrogen-bond acceptors (Lipinski definition) is 4. The lowest BCUT2D eigenvalue weighted by Crippen LogP contribution is -2.19. The van der Waals surface area contributed by atoms with E-state index in [4.69, 9.17) is 0 Å². The van der Waals surface area contributed by atoms with Crippen molar-refractivity contribution in [1.29, 1.82) is 0 Å². The summed E-state index contributed by atoms with van der Waals surface area (Å²) in [7, 11) is 1.84. The van der Waals surface area contributed by atoms with E-state index in [9.17, 15) is 4.79 Å².